The van der Waals surface area contributed by atoms with Gasteiger partial charge in [-0.1, -0.05) is 12.1 Å². The van der Waals surface area contributed by atoms with Gasteiger partial charge in [-0.15, -0.1) is 0 Å². The zero-order valence-electron chi connectivity index (χ0n) is 12.6. The summed E-state index contributed by atoms with van der Waals surface area (Å²) >= 11 is 0. The van der Waals surface area contributed by atoms with E-state index in [2.05, 4.69) is 12.2 Å². The Kier molecular flexibility index (Phi) is 4.96. The second-order valence-electron chi connectivity index (χ2n) is 6.02. The van der Waals surface area contributed by atoms with Gasteiger partial charge in [-0.2, -0.15) is 0 Å². The quantitative estimate of drug-likeness (QED) is 0.891. The summed E-state index contributed by atoms with van der Waals surface area (Å²) < 4.78 is 13.1. The van der Waals surface area contributed by atoms with E-state index in [9.17, 15) is 14.3 Å². The fourth-order valence-corrected chi connectivity index (χ4v) is 2.67. The molecule has 1 heterocycles. The number of hydrogen-bond acceptors (Lipinski definition) is 3. The molecular weight excluding hydrogens is 271 g/mol. The molecule has 1 aliphatic heterocycles. The van der Waals surface area contributed by atoms with Crippen LogP contribution in [0.3, 0.4) is 0 Å². The van der Waals surface area contributed by atoms with Crippen LogP contribution in [-0.2, 0) is 4.79 Å². The van der Waals surface area contributed by atoms with Gasteiger partial charge < -0.3 is 15.3 Å². The third kappa shape index (κ3) is 4.25. The predicted octanol–water partition coefficient (Wildman–Crippen LogP) is 1.85. The van der Waals surface area contributed by atoms with Crippen molar-refractivity contribution in [3.8, 4) is 0 Å². The first-order valence-corrected chi connectivity index (χ1v) is 7.34. The molecule has 1 aromatic carbocycles. The van der Waals surface area contributed by atoms with Crippen LogP contribution in [0.25, 0.3) is 0 Å². The molecular formula is C16H23FN2O2. The summed E-state index contributed by atoms with van der Waals surface area (Å²) in [6, 6.07) is 6.03. The topological polar surface area (TPSA) is 52.6 Å². The summed E-state index contributed by atoms with van der Waals surface area (Å²) in [7, 11) is 0. The van der Waals surface area contributed by atoms with Gasteiger partial charge in [0.1, 0.15) is 5.82 Å². The number of nitrogens with zero attached hydrogens (tertiary/aromatic N) is 1. The highest BCUT2D eigenvalue weighted by Gasteiger charge is 2.30. The molecule has 0 unspecified atom stereocenters. The van der Waals surface area contributed by atoms with E-state index in [1.807, 2.05) is 4.90 Å². The Balaban J connectivity index is 1.86. The SMILES string of the molecule is CC(=O)N1CCC(C)(NC[C@H](O)c2cccc(F)c2)CC1. The Bertz CT molecular complexity index is 499. The molecule has 1 saturated heterocycles. The van der Waals surface area contributed by atoms with Gasteiger partial charge in [0.2, 0.25) is 5.91 Å². The molecule has 5 heteroatoms. The average Bonchev–Trinajstić information content (AvgIpc) is 2.45. The number of piperidine rings is 1. The summed E-state index contributed by atoms with van der Waals surface area (Å²) in [4.78, 5) is 13.2. The number of carbonyl (C=O) groups excluding carboxylic acids is 1. The lowest BCUT2D eigenvalue weighted by atomic mass is 9.89. The number of hydrogen-bond donors (Lipinski definition) is 2. The largest absolute Gasteiger partial charge is 0.387 e. The van der Waals surface area contributed by atoms with Gasteiger partial charge in [0.25, 0.3) is 0 Å². The minimum Gasteiger partial charge on any atom is -0.387 e. The number of halogens is 1. The molecule has 0 spiro atoms. The van der Waals surface area contributed by atoms with Gasteiger partial charge in [-0.25, -0.2) is 4.39 Å². The minimum absolute atomic E-state index is 0.0970. The van der Waals surface area contributed by atoms with Gasteiger partial charge >= 0.3 is 0 Å². The highest BCUT2D eigenvalue weighted by Crippen LogP contribution is 2.23. The van der Waals surface area contributed by atoms with Crippen LogP contribution >= 0.6 is 0 Å². The lowest BCUT2D eigenvalue weighted by Gasteiger charge is -2.40. The van der Waals surface area contributed by atoms with E-state index in [4.69, 9.17) is 0 Å². The Morgan fingerprint density at radius 1 is 1.48 bits per heavy atom. The number of benzene rings is 1. The first kappa shape index (κ1) is 15.9. The molecule has 1 amide bonds. The van der Waals surface area contributed by atoms with Crippen LogP contribution in [0.5, 0.6) is 0 Å². The molecule has 2 rings (SSSR count). The Labute approximate surface area is 125 Å². The van der Waals surface area contributed by atoms with Crippen molar-refractivity contribution in [3.05, 3.63) is 35.6 Å². The summed E-state index contributed by atoms with van der Waals surface area (Å²) in [5.41, 5.74) is 0.479. The van der Waals surface area contributed by atoms with E-state index in [1.54, 1.807) is 19.1 Å². The summed E-state index contributed by atoms with van der Waals surface area (Å²) in [5, 5.41) is 13.5. The second kappa shape index (κ2) is 6.54. The third-order valence-corrected chi connectivity index (χ3v) is 4.27. The van der Waals surface area contributed by atoms with Crippen molar-refractivity contribution in [2.75, 3.05) is 19.6 Å². The molecule has 2 N–H and O–H groups in total. The predicted molar refractivity (Wildman–Crippen MR) is 79.3 cm³/mol. The van der Waals surface area contributed by atoms with Crippen LogP contribution in [0.1, 0.15) is 38.4 Å². The number of nitrogens with one attached hydrogen (secondary N) is 1. The van der Waals surface area contributed by atoms with Gasteiger partial charge in [0.05, 0.1) is 6.10 Å². The molecule has 1 aliphatic rings. The molecule has 0 aromatic heterocycles. The highest BCUT2D eigenvalue weighted by atomic mass is 19.1. The van der Waals surface area contributed by atoms with Gasteiger partial charge in [0.15, 0.2) is 0 Å². The van der Waals surface area contributed by atoms with Gasteiger partial charge in [-0.3, -0.25) is 4.79 Å². The zero-order valence-corrected chi connectivity index (χ0v) is 12.6. The van der Waals surface area contributed by atoms with E-state index in [1.165, 1.54) is 12.1 Å². The maximum atomic E-state index is 13.1. The van der Waals surface area contributed by atoms with E-state index in [0.717, 1.165) is 25.9 Å². The van der Waals surface area contributed by atoms with Crippen molar-refractivity contribution < 1.29 is 14.3 Å². The molecule has 1 fully saturated rings. The second-order valence-corrected chi connectivity index (χ2v) is 6.02. The first-order valence-electron chi connectivity index (χ1n) is 7.34. The standard InChI is InChI=1S/C16H23FN2O2/c1-12(20)19-8-6-16(2,7-9-19)18-11-15(21)13-4-3-5-14(17)10-13/h3-5,10,15,18,21H,6-9,11H2,1-2H3/t15-/m0/s1. The summed E-state index contributed by atoms with van der Waals surface area (Å²) in [6.45, 7) is 5.52. The van der Waals surface area contributed by atoms with Crippen LogP contribution < -0.4 is 5.32 Å². The van der Waals surface area contributed by atoms with Crippen LogP contribution in [-0.4, -0.2) is 41.1 Å². The van der Waals surface area contributed by atoms with Gasteiger partial charge in [0, 0.05) is 32.1 Å². The molecule has 116 valence electrons. The van der Waals surface area contributed by atoms with Crippen molar-refractivity contribution >= 4 is 5.91 Å². The van der Waals surface area contributed by atoms with Crippen molar-refractivity contribution in [1.29, 1.82) is 0 Å². The van der Waals surface area contributed by atoms with Gasteiger partial charge in [-0.05, 0) is 37.5 Å². The number of β-amino-alcohol motifs (C(OH)–C–C–N with tert-alkyl or cyclic N) is 1. The molecule has 0 bridgehead atoms. The van der Waals surface area contributed by atoms with E-state index >= 15 is 0 Å². The lowest BCUT2D eigenvalue weighted by molar-refractivity contribution is -0.130. The van der Waals surface area contributed by atoms with Crippen LogP contribution in [0.15, 0.2) is 24.3 Å². The molecule has 0 aliphatic carbocycles. The van der Waals surface area contributed by atoms with E-state index in [0.29, 0.717) is 12.1 Å². The summed E-state index contributed by atoms with van der Waals surface area (Å²) in [5.74, 6) is -0.232. The van der Waals surface area contributed by atoms with Crippen LogP contribution in [0.4, 0.5) is 4.39 Å². The molecule has 0 radical (unpaired) electrons. The maximum absolute atomic E-state index is 13.1. The third-order valence-electron chi connectivity index (χ3n) is 4.27. The zero-order chi connectivity index (χ0) is 15.5. The number of carbonyl (C=O) groups is 1. The fourth-order valence-electron chi connectivity index (χ4n) is 2.67. The fraction of sp³-hybridized carbons (Fsp3) is 0.562. The molecule has 4 nitrogen and oxygen atoms in total. The molecule has 1 aromatic rings. The Morgan fingerprint density at radius 3 is 2.71 bits per heavy atom. The number of aliphatic hydroxyl groups excluding tert-OH is 1. The highest BCUT2D eigenvalue weighted by molar-refractivity contribution is 5.73. The number of aliphatic hydroxyl groups is 1. The minimum atomic E-state index is -0.733. The van der Waals surface area contributed by atoms with Crippen molar-refractivity contribution in [2.45, 2.75) is 38.3 Å². The van der Waals surface area contributed by atoms with E-state index in [-0.39, 0.29) is 17.3 Å². The van der Waals surface area contributed by atoms with Crippen molar-refractivity contribution in [2.24, 2.45) is 0 Å². The normalized spacial score (nSPS) is 19.3. The van der Waals surface area contributed by atoms with Crippen LogP contribution in [0.2, 0.25) is 0 Å². The Hall–Kier alpha value is -1.46. The maximum Gasteiger partial charge on any atom is 0.219 e. The van der Waals surface area contributed by atoms with E-state index < -0.39 is 6.10 Å². The molecule has 0 saturated carbocycles. The first-order chi connectivity index (χ1) is 9.89. The molecule has 1 atom stereocenters. The average molecular weight is 294 g/mol. The van der Waals surface area contributed by atoms with Crippen LogP contribution in [0, 0.1) is 5.82 Å². The van der Waals surface area contributed by atoms with Crippen molar-refractivity contribution in [3.63, 3.8) is 0 Å². The Morgan fingerprint density at radius 2 is 2.14 bits per heavy atom. The monoisotopic (exact) mass is 294 g/mol. The molecule has 21 heavy (non-hydrogen) atoms. The lowest BCUT2D eigenvalue weighted by Crippen LogP contribution is -2.53. The number of rotatable bonds is 4. The summed E-state index contributed by atoms with van der Waals surface area (Å²) in [6.07, 6.45) is 0.966. The number of amides is 1. The smallest absolute Gasteiger partial charge is 0.219 e. The number of likely N-dealkylation sites (tertiary alicyclic amines) is 1. The van der Waals surface area contributed by atoms with Crippen molar-refractivity contribution in [1.82, 2.24) is 10.2 Å².